The van der Waals surface area contributed by atoms with Gasteiger partial charge in [-0.1, -0.05) is 53.5 Å². The molecule has 2 heterocycles. The molecule has 0 radical (unpaired) electrons. The van der Waals surface area contributed by atoms with E-state index in [-0.39, 0.29) is 10.7 Å². The first kappa shape index (κ1) is 15.8. The van der Waals surface area contributed by atoms with Gasteiger partial charge in [0.2, 0.25) is 0 Å². The molecule has 7 heteroatoms. The second-order valence-electron chi connectivity index (χ2n) is 4.71. The van der Waals surface area contributed by atoms with Crippen LogP contribution in [0.2, 0.25) is 8.67 Å². The molecule has 0 amide bonds. The van der Waals surface area contributed by atoms with Crippen LogP contribution in [0.25, 0.3) is 12.2 Å². The highest BCUT2D eigenvalue weighted by atomic mass is 35.5. The van der Waals surface area contributed by atoms with Crippen molar-refractivity contribution in [1.82, 2.24) is 9.97 Å². The highest BCUT2D eigenvalue weighted by molar-refractivity contribution is 7.20. The summed E-state index contributed by atoms with van der Waals surface area (Å²) in [6.45, 7) is 0. The molecule has 0 aliphatic rings. The van der Waals surface area contributed by atoms with Gasteiger partial charge in [0.1, 0.15) is 15.0 Å². The summed E-state index contributed by atoms with van der Waals surface area (Å²) in [5, 5.41) is 0.310. The summed E-state index contributed by atoms with van der Waals surface area (Å²) in [7, 11) is 0. The summed E-state index contributed by atoms with van der Waals surface area (Å²) in [6.07, 6.45) is 3.11. The van der Waals surface area contributed by atoms with Crippen LogP contribution >= 0.6 is 34.5 Å². The average Bonchev–Trinajstić information content (AvgIpc) is 2.83. The van der Waals surface area contributed by atoms with E-state index in [1.165, 1.54) is 17.4 Å². The van der Waals surface area contributed by atoms with E-state index < -0.39 is 11.1 Å². The van der Waals surface area contributed by atoms with Crippen LogP contribution in [0.15, 0.2) is 46.0 Å². The SMILES string of the molecule is O=c1[nH]/c(=C\c2cc(Cl)sc2Cl)c(=O)[nH]/c1=C\c1ccccc1. The zero-order valence-electron chi connectivity index (χ0n) is 11.6. The Kier molecular flexibility index (Phi) is 4.52. The Hall–Kier alpha value is -2.08. The van der Waals surface area contributed by atoms with Crippen molar-refractivity contribution in [1.29, 1.82) is 0 Å². The minimum absolute atomic E-state index is 0.122. The van der Waals surface area contributed by atoms with Gasteiger partial charge in [-0.05, 0) is 23.8 Å². The summed E-state index contributed by atoms with van der Waals surface area (Å²) >= 11 is 13.1. The number of H-pyrrole nitrogens is 2. The lowest BCUT2D eigenvalue weighted by atomic mass is 10.2. The summed E-state index contributed by atoms with van der Waals surface area (Å²) in [5.41, 5.74) is 0.600. The molecule has 4 nitrogen and oxygen atoms in total. The fourth-order valence-corrected chi connectivity index (χ4v) is 3.44. The monoisotopic (exact) mass is 364 g/mol. The van der Waals surface area contributed by atoms with Crippen molar-refractivity contribution in [3.63, 3.8) is 0 Å². The first-order valence-electron chi connectivity index (χ1n) is 6.59. The Morgan fingerprint density at radius 1 is 0.913 bits per heavy atom. The van der Waals surface area contributed by atoms with Crippen LogP contribution in [-0.4, -0.2) is 9.97 Å². The van der Waals surface area contributed by atoms with Gasteiger partial charge in [0.15, 0.2) is 0 Å². The zero-order valence-corrected chi connectivity index (χ0v) is 13.9. The van der Waals surface area contributed by atoms with E-state index in [1.54, 1.807) is 12.1 Å². The van der Waals surface area contributed by atoms with Gasteiger partial charge in [-0.25, -0.2) is 0 Å². The van der Waals surface area contributed by atoms with Crippen LogP contribution in [0.4, 0.5) is 0 Å². The zero-order chi connectivity index (χ0) is 16.4. The molecule has 0 saturated carbocycles. The lowest BCUT2D eigenvalue weighted by molar-refractivity contribution is 1.00. The number of rotatable bonds is 2. The first-order chi connectivity index (χ1) is 11.0. The third-order valence-corrected chi connectivity index (χ3v) is 4.60. The Morgan fingerprint density at radius 2 is 1.52 bits per heavy atom. The van der Waals surface area contributed by atoms with E-state index in [9.17, 15) is 9.59 Å². The van der Waals surface area contributed by atoms with Crippen molar-refractivity contribution in [3.05, 3.63) is 87.6 Å². The Balaban J connectivity index is 2.16. The number of thiophene rings is 1. The number of hydrogen-bond acceptors (Lipinski definition) is 3. The van der Waals surface area contributed by atoms with E-state index in [0.29, 0.717) is 14.2 Å². The molecule has 3 aromatic rings. The Labute approximate surface area is 144 Å². The van der Waals surface area contributed by atoms with Crippen molar-refractivity contribution in [3.8, 4) is 0 Å². The van der Waals surface area contributed by atoms with Crippen LogP contribution in [0, 0.1) is 0 Å². The number of nitrogens with one attached hydrogen (secondary N) is 2. The van der Waals surface area contributed by atoms with Crippen molar-refractivity contribution in [2.24, 2.45) is 0 Å². The van der Waals surface area contributed by atoms with Crippen LogP contribution < -0.4 is 21.8 Å². The molecule has 3 rings (SSSR count). The molecule has 0 fully saturated rings. The average molecular weight is 365 g/mol. The normalized spacial score (nSPS) is 12.8. The molecule has 0 aliphatic carbocycles. The first-order valence-corrected chi connectivity index (χ1v) is 8.16. The molecule has 0 aliphatic heterocycles. The van der Waals surface area contributed by atoms with Crippen LogP contribution in [0.1, 0.15) is 11.1 Å². The molecule has 0 spiro atoms. The van der Waals surface area contributed by atoms with Gasteiger partial charge >= 0.3 is 0 Å². The van der Waals surface area contributed by atoms with Crippen LogP contribution in [0.3, 0.4) is 0 Å². The van der Waals surface area contributed by atoms with E-state index >= 15 is 0 Å². The highest BCUT2D eigenvalue weighted by Gasteiger charge is 2.04. The van der Waals surface area contributed by atoms with Gasteiger partial charge in [0, 0.05) is 5.56 Å². The molecule has 0 unspecified atom stereocenters. The van der Waals surface area contributed by atoms with Gasteiger partial charge in [-0.3, -0.25) is 9.59 Å². The molecule has 1 aromatic carbocycles. The van der Waals surface area contributed by atoms with E-state index in [0.717, 1.165) is 5.56 Å². The Bertz CT molecular complexity index is 1080. The second-order valence-corrected chi connectivity index (χ2v) is 7.00. The summed E-state index contributed by atoms with van der Waals surface area (Å²) in [6, 6.07) is 10.9. The van der Waals surface area contributed by atoms with E-state index in [2.05, 4.69) is 9.97 Å². The number of halogens is 2. The minimum Gasteiger partial charge on any atom is -0.316 e. The molecule has 23 heavy (non-hydrogen) atoms. The molecule has 0 atom stereocenters. The lowest BCUT2D eigenvalue weighted by Gasteiger charge is -1.93. The van der Waals surface area contributed by atoms with Gasteiger partial charge in [-0.15, -0.1) is 11.3 Å². The quantitative estimate of drug-likeness (QED) is 0.731. The van der Waals surface area contributed by atoms with Gasteiger partial charge < -0.3 is 9.97 Å². The summed E-state index contributed by atoms with van der Waals surface area (Å²) in [5.74, 6) is 0. The van der Waals surface area contributed by atoms with Crippen molar-refractivity contribution < 1.29 is 0 Å². The topological polar surface area (TPSA) is 65.7 Å². The number of aromatic amines is 2. The maximum atomic E-state index is 12.2. The fraction of sp³-hybridized carbons (Fsp3) is 0. The summed E-state index contributed by atoms with van der Waals surface area (Å²) in [4.78, 5) is 29.4. The molecule has 116 valence electrons. The standard InChI is InChI=1S/C16H10Cl2N2O2S/c17-13-8-10(14(18)23-13)7-12-16(22)19-11(15(21)20-12)6-9-4-2-1-3-5-9/h1-8H,(H,19,22)(H,20,21)/b11-6-,12-7-. The van der Waals surface area contributed by atoms with E-state index in [4.69, 9.17) is 23.2 Å². The Morgan fingerprint density at radius 3 is 2.09 bits per heavy atom. The van der Waals surface area contributed by atoms with Crippen LogP contribution in [-0.2, 0) is 0 Å². The molecular weight excluding hydrogens is 355 g/mol. The van der Waals surface area contributed by atoms with Crippen LogP contribution in [0.5, 0.6) is 0 Å². The minimum atomic E-state index is -0.412. The smallest absolute Gasteiger partial charge is 0.272 e. The number of aromatic nitrogens is 2. The number of benzene rings is 1. The maximum absolute atomic E-state index is 12.2. The molecule has 0 saturated heterocycles. The molecule has 2 aromatic heterocycles. The highest BCUT2D eigenvalue weighted by Crippen LogP contribution is 2.31. The van der Waals surface area contributed by atoms with Gasteiger partial charge in [0.25, 0.3) is 11.1 Å². The fourth-order valence-electron chi connectivity index (χ4n) is 2.02. The van der Waals surface area contributed by atoms with Gasteiger partial charge in [0.05, 0.1) is 4.34 Å². The molecular formula is C16H10Cl2N2O2S. The van der Waals surface area contributed by atoms with Gasteiger partial charge in [-0.2, -0.15) is 0 Å². The summed E-state index contributed by atoms with van der Waals surface area (Å²) < 4.78 is 0.962. The largest absolute Gasteiger partial charge is 0.316 e. The maximum Gasteiger partial charge on any atom is 0.272 e. The second kappa shape index (κ2) is 6.58. The molecule has 2 N–H and O–H groups in total. The third-order valence-electron chi connectivity index (χ3n) is 3.08. The predicted molar refractivity (Wildman–Crippen MR) is 94.8 cm³/mol. The third kappa shape index (κ3) is 3.64. The molecule has 0 bridgehead atoms. The van der Waals surface area contributed by atoms with Crippen molar-refractivity contribution >= 4 is 46.7 Å². The number of hydrogen-bond donors (Lipinski definition) is 2. The van der Waals surface area contributed by atoms with Crippen molar-refractivity contribution in [2.45, 2.75) is 0 Å². The lowest BCUT2D eigenvalue weighted by Crippen LogP contribution is -2.46. The van der Waals surface area contributed by atoms with E-state index in [1.807, 2.05) is 30.3 Å². The predicted octanol–water partition coefficient (Wildman–Crippen LogP) is 2.09. The van der Waals surface area contributed by atoms with Crippen molar-refractivity contribution in [2.75, 3.05) is 0 Å².